The van der Waals surface area contributed by atoms with Crippen LogP contribution in [-0.2, 0) is 14.8 Å². The Kier molecular flexibility index (Phi) is 4.30. The lowest BCUT2D eigenvalue weighted by Crippen LogP contribution is -2.30. The minimum atomic E-state index is -3.69. The zero-order valence-corrected chi connectivity index (χ0v) is 14.1. The van der Waals surface area contributed by atoms with Crippen LogP contribution in [0.3, 0.4) is 0 Å². The highest BCUT2D eigenvalue weighted by molar-refractivity contribution is 7.94. The summed E-state index contributed by atoms with van der Waals surface area (Å²) in [5.41, 5.74) is 0.434. The van der Waals surface area contributed by atoms with E-state index >= 15 is 0 Å². The summed E-state index contributed by atoms with van der Waals surface area (Å²) in [5, 5.41) is 2.43. The lowest BCUT2D eigenvalue weighted by molar-refractivity contribution is -0.119. The van der Waals surface area contributed by atoms with Gasteiger partial charge < -0.3 is 5.32 Å². The van der Waals surface area contributed by atoms with E-state index in [4.69, 9.17) is 0 Å². The number of sulfonamides is 1. The molecule has 0 aliphatic carbocycles. The maximum atomic E-state index is 13.6. The molecule has 1 atom stereocenters. The van der Waals surface area contributed by atoms with Crippen LogP contribution >= 0.6 is 0 Å². The summed E-state index contributed by atoms with van der Waals surface area (Å²) < 4.78 is 38.5. The Morgan fingerprint density at radius 3 is 2.36 bits per heavy atom. The van der Waals surface area contributed by atoms with Gasteiger partial charge in [-0.3, -0.25) is 9.59 Å². The molecule has 1 heterocycles. The topological polar surface area (TPSA) is 83.6 Å². The molecule has 8 heteroatoms. The standard InChI is InChI=1S/C17H15FN2O4S/c1-11-10-25(23,24)20(17(11)22)13-8-6-12(7-9-13)16(21)19-15-5-3-2-4-14(15)18/h2-9,11H,10H2,1H3,(H,19,21)/t11-/m0/s1. The number of benzene rings is 2. The second-order valence-electron chi connectivity index (χ2n) is 5.76. The van der Waals surface area contributed by atoms with Crippen molar-refractivity contribution >= 4 is 33.2 Å². The molecule has 1 aliphatic rings. The number of rotatable bonds is 3. The van der Waals surface area contributed by atoms with Crippen molar-refractivity contribution in [2.45, 2.75) is 6.92 Å². The summed E-state index contributed by atoms with van der Waals surface area (Å²) in [5.74, 6) is -2.44. The molecule has 0 radical (unpaired) electrons. The van der Waals surface area contributed by atoms with E-state index in [2.05, 4.69) is 5.32 Å². The fourth-order valence-corrected chi connectivity index (χ4v) is 4.41. The fourth-order valence-electron chi connectivity index (χ4n) is 2.59. The summed E-state index contributed by atoms with van der Waals surface area (Å²) in [4.78, 5) is 24.2. The predicted octanol–water partition coefficient (Wildman–Crippen LogP) is 2.39. The van der Waals surface area contributed by atoms with E-state index in [-0.39, 0.29) is 22.7 Å². The van der Waals surface area contributed by atoms with Crippen molar-refractivity contribution in [3.63, 3.8) is 0 Å². The number of hydrogen-bond acceptors (Lipinski definition) is 4. The maximum absolute atomic E-state index is 13.6. The molecule has 130 valence electrons. The monoisotopic (exact) mass is 362 g/mol. The zero-order chi connectivity index (χ0) is 18.2. The highest BCUT2D eigenvalue weighted by Crippen LogP contribution is 2.28. The Morgan fingerprint density at radius 1 is 1.16 bits per heavy atom. The minimum Gasteiger partial charge on any atom is -0.319 e. The van der Waals surface area contributed by atoms with Crippen LogP contribution in [0.15, 0.2) is 48.5 Å². The van der Waals surface area contributed by atoms with Gasteiger partial charge in [0, 0.05) is 5.56 Å². The second kappa shape index (κ2) is 6.29. The third-order valence-electron chi connectivity index (χ3n) is 3.85. The first-order valence-electron chi connectivity index (χ1n) is 7.52. The van der Waals surface area contributed by atoms with Crippen LogP contribution in [0.4, 0.5) is 15.8 Å². The van der Waals surface area contributed by atoms with E-state index in [1.54, 1.807) is 13.0 Å². The molecule has 0 bridgehead atoms. The third-order valence-corrected chi connectivity index (χ3v) is 5.71. The molecule has 0 aromatic heterocycles. The van der Waals surface area contributed by atoms with E-state index in [9.17, 15) is 22.4 Å². The van der Waals surface area contributed by atoms with Crippen LogP contribution in [-0.4, -0.2) is 26.0 Å². The van der Waals surface area contributed by atoms with Crippen molar-refractivity contribution in [3.05, 3.63) is 59.9 Å². The van der Waals surface area contributed by atoms with Gasteiger partial charge in [-0.15, -0.1) is 0 Å². The number of hydrogen-bond donors (Lipinski definition) is 1. The molecule has 0 unspecified atom stereocenters. The first-order chi connectivity index (χ1) is 11.8. The number of carbonyl (C=O) groups is 2. The molecule has 1 N–H and O–H groups in total. The Balaban J connectivity index is 1.82. The fraction of sp³-hybridized carbons (Fsp3) is 0.176. The molecule has 1 aliphatic heterocycles. The number of halogens is 1. The van der Waals surface area contributed by atoms with E-state index < -0.39 is 33.6 Å². The van der Waals surface area contributed by atoms with E-state index in [0.717, 1.165) is 4.31 Å². The first-order valence-corrected chi connectivity index (χ1v) is 9.13. The second-order valence-corrected chi connectivity index (χ2v) is 7.63. The molecule has 0 spiro atoms. The largest absolute Gasteiger partial charge is 0.319 e. The van der Waals surface area contributed by atoms with Gasteiger partial charge in [-0.1, -0.05) is 19.1 Å². The van der Waals surface area contributed by atoms with E-state index in [1.807, 2.05) is 0 Å². The number of carbonyl (C=O) groups excluding carboxylic acids is 2. The molecule has 1 fully saturated rings. The first kappa shape index (κ1) is 17.1. The highest BCUT2D eigenvalue weighted by atomic mass is 32.2. The summed E-state index contributed by atoms with van der Waals surface area (Å²) in [6, 6.07) is 11.3. The van der Waals surface area contributed by atoms with Crippen LogP contribution in [0.1, 0.15) is 17.3 Å². The van der Waals surface area contributed by atoms with Gasteiger partial charge in [0.25, 0.3) is 5.91 Å². The highest BCUT2D eigenvalue weighted by Gasteiger charge is 2.41. The molecular formula is C17H15FN2O4S. The van der Waals surface area contributed by atoms with Crippen LogP contribution in [0, 0.1) is 11.7 Å². The van der Waals surface area contributed by atoms with Gasteiger partial charge in [0.05, 0.1) is 23.0 Å². The number of para-hydroxylation sites is 1. The lowest BCUT2D eigenvalue weighted by atomic mass is 10.1. The Labute approximate surface area is 144 Å². The number of amides is 2. The van der Waals surface area contributed by atoms with Gasteiger partial charge >= 0.3 is 0 Å². The van der Waals surface area contributed by atoms with Crippen molar-refractivity contribution in [3.8, 4) is 0 Å². The quantitative estimate of drug-likeness (QED) is 0.909. The lowest BCUT2D eigenvalue weighted by Gasteiger charge is -2.15. The van der Waals surface area contributed by atoms with Gasteiger partial charge in [0.15, 0.2) is 0 Å². The molecule has 25 heavy (non-hydrogen) atoms. The third kappa shape index (κ3) is 3.25. The van der Waals surface area contributed by atoms with Gasteiger partial charge in [-0.2, -0.15) is 0 Å². The molecule has 6 nitrogen and oxygen atoms in total. The van der Waals surface area contributed by atoms with Crippen molar-refractivity contribution < 1.29 is 22.4 Å². The Morgan fingerprint density at radius 2 is 1.80 bits per heavy atom. The number of anilines is 2. The van der Waals surface area contributed by atoms with Crippen molar-refractivity contribution in [2.24, 2.45) is 5.92 Å². The average molecular weight is 362 g/mol. The van der Waals surface area contributed by atoms with E-state index in [1.165, 1.54) is 42.5 Å². The molecule has 3 rings (SSSR count). The molecule has 0 saturated carbocycles. The Hall–Kier alpha value is -2.74. The molecule has 2 aromatic rings. The Bertz CT molecular complexity index is 941. The zero-order valence-electron chi connectivity index (χ0n) is 13.3. The summed E-state index contributed by atoms with van der Waals surface area (Å²) >= 11 is 0. The minimum absolute atomic E-state index is 0.0442. The van der Waals surface area contributed by atoms with Gasteiger partial charge in [-0.25, -0.2) is 17.1 Å². The molecule has 1 saturated heterocycles. The van der Waals surface area contributed by atoms with Crippen LogP contribution < -0.4 is 9.62 Å². The SMILES string of the molecule is C[C@H]1CS(=O)(=O)N(c2ccc(C(=O)Nc3ccccc3F)cc2)C1=O. The smallest absolute Gasteiger partial charge is 0.255 e. The predicted molar refractivity (Wildman–Crippen MR) is 91.2 cm³/mol. The summed E-state index contributed by atoms with van der Waals surface area (Å²) in [6.07, 6.45) is 0. The van der Waals surface area contributed by atoms with Crippen molar-refractivity contribution in [2.75, 3.05) is 15.4 Å². The van der Waals surface area contributed by atoms with Crippen LogP contribution in [0.25, 0.3) is 0 Å². The summed E-state index contributed by atoms with van der Waals surface area (Å²) in [6.45, 7) is 1.55. The molecular weight excluding hydrogens is 347 g/mol. The van der Waals surface area contributed by atoms with Crippen LogP contribution in [0.2, 0.25) is 0 Å². The van der Waals surface area contributed by atoms with E-state index in [0.29, 0.717) is 0 Å². The summed E-state index contributed by atoms with van der Waals surface area (Å²) in [7, 11) is -3.69. The molecule has 2 amide bonds. The number of nitrogens with one attached hydrogen (secondary N) is 1. The van der Waals surface area contributed by atoms with Gasteiger partial charge in [0.1, 0.15) is 5.82 Å². The van der Waals surface area contributed by atoms with Crippen LogP contribution in [0.5, 0.6) is 0 Å². The van der Waals surface area contributed by atoms with Crippen molar-refractivity contribution in [1.29, 1.82) is 0 Å². The van der Waals surface area contributed by atoms with Gasteiger partial charge in [-0.05, 0) is 36.4 Å². The van der Waals surface area contributed by atoms with Gasteiger partial charge in [0.2, 0.25) is 15.9 Å². The molecule has 2 aromatic carbocycles. The normalized spacial score (nSPS) is 19.0. The number of nitrogens with zero attached hydrogens (tertiary/aromatic N) is 1. The maximum Gasteiger partial charge on any atom is 0.255 e. The average Bonchev–Trinajstić information content (AvgIpc) is 2.77. The van der Waals surface area contributed by atoms with Crippen molar-refractivity contribution in [1.82, 2.24) is 0 Å².